The van der Waals surface area contributed by atoms with E-state index in [0.29, 0.717) is 5.52 Å². The van der Waals surface area contributed by atoms with Gasteiger partial charge in [0.05, 0.1) is 11.5 Å². The van der Waals surface area contributed by atoms with E-state index in [1.165, 1.54) is 12.1 Å². The van der Waals surface area contributed by atoms with Crippen molar-refractivity contribution in [3.05, 3.63) is 35.5 Å². The summed E-state index contributed by atoms with van der Waals surface area (Å²) in [5.74, 6) is -2.11. The van der Waals surface area contributed by atoms with Crippen molar-refractivity contribution < 1.29 is 19.5 Å². The second kappa shape index (κ2) is 3.94. The first-order chi connectivity index (χ1) is 9.06. The molecule has 96 valence electrons. The van der Waals surface area contributed by atoms with Crippen LogP contribution in [0.3, 0.4) is 0 Å². The van der Waals surface area contributed by atoms with Crippen LogP contribution in [-0.4, -0.2) is 27.9 Å². The molecule has 0 spiro atoms. The van der Waals surface area contributed by atoms with Crippen molar-refractivity contribution in [3.8, 4) is 0 Å². The molecule has 0 bridgehead atoms. The number of fused-ring (bicyclic) bond motifs is 1. The normalized spacial score (nSPS) is 18.8. The lowest BCUT2D eigenvalue weighted by atomic mass is 9.96. The van der Waals surface area contributed by atoms with Gasteiger partial charge in [-0.2, -0.15) is 0 Å². The number of aromatic amines is 1. The number of imide groups is 1. The van der Waals surface area contributed by atoms with Crippen molar-refractivity contribution in [2.24, 2.45) is 0 Å². The molecule has 2 heterocycles. The molecule has 2 amide bonds. The van der Waals surface area contributed by atoms with Crippen LogP contribution in [0.2, 0.25) is 0 Å². The van der Waals surface area contributed by atoms with Crippen LogP contribution in [0.1, 0.15) is 28.3 Å². The lowest BCUT2D eigenvalue weighted by Crippen LogP contribution is -2.21. The number of carbonyl (C=O) groups is 3. The molecule has 2 aromatic rings. The van der Waals surface area contributed by atoms with E-state index in [4.69, 9.17) is 5.11 Å². The van der Waals surface area contributed by atoms with Gasteiger partial charge in [-0.05, 0) is 17.7 Å². The number of carboxylic acids is 1. The van der Waals surface area contributed by atoms with Crippen molar-refractivity contribution in [1.29, 1.82) is 0 Å². The summed E-state index contributed by atoms with van der Waals surface area (Å²) in [6, 6.07) is 4.65. The number of H-pyrrole nitrogens is 1. The van der Waals surface area contributed by atoms with Gasteiger partial charge < -0.3 is 10.1 Å². The van der Waals surface area contributed by atoms with Gasteiger partial charge in [0.15, 0.2) is 0 Å². The summed E-state index contributed by atoms with van der Waals surface area (Å²) in [5, 5.41) is 11.9. The highest BCUT2D eigenvalue weighted by atomic mass is 16.4. The fraction of sp³-hybridized carbons (Fsp3) is 0.154. The smallest absolute Gasteiger partial charge is 0.335 e. The first kappa shape index (κ1) is 11.5. The second-order valence-corrected chi connectivity index (χ2v) is 4.48. The van der Waals surface area contributed by atoms with Gasteiger partial charge in [0.25, 0.3) is 0 Å². The van der Waals surface area contributed by atoms with Gasteiger partial charge >= 0.3 is 5.97 Å². The maximum Gasteiger partial charge on any atom is 0.335 e. The Bertz CT molecular complexity index is 717. The highest BCUT2D eigenvalue weighted by Crippen LogP contribution is 2.31. The van der Waals surface area contributed by atoms with E-state index in [9.17, 15) is 14.4 Å². The van der Waals surface area contributed by atoms with E-state index in [1.54, 1.807) is 12.3 Å². The second-order valence-electron chi connectivity index (χ2n) is 4.48. The number of hydrogen-bond acceptors (Lipinski definition) is 3. The van der Waals surface area contributed by atoms with Crippen LogP contribution < -0.4 is 5.32 Å². The number of aromatic carboxylic acids is 1. The summed E-state index contributed by atoms with van der Waals surface area (Å²) in [5.41, 5.74) is 1.53. The Morgan fingerprint density at radius 3 is 2.74 bits per heavy atom. The number of aromatic nitrogens is 1. The standard InChI is InChI=1S/C13H10N2O4/c16-11-4-8(12(17)15-11)9-5-14-10-3-6(13(18)19)1-2-7(9)10/h1-3,5,8,14H,4H2,(H,18,19)(H,15,16,17)/t8-/m1/s1. The zero-order chi connectivity index (χ0) is 13.6. The van der Waals surface area contributed by atoms with Crippen molar-refractivity contribution >= 4 is 28.7 Å². The summed E-state index contributed by atoms with van der Waals surface area (Å²) in [4.78, 5) is 36.7. The zero-order valence-electron chi connectivity index (χ0n) is 9.77. The Morgan fingerprint density at radius 1 is 1.32 bits per heavy atom. The molecule has 3 rings (SSSR count). The van der Waals surface area contributed by atoms with Crippen LogP contribution >= 0.6 is 0 Å². The SMILES string of the molecule is O=C1C[C@H](c2c[nH]c3cc(C(=O)O)ccc23)C(=O)N1. The predicted molar refractivity (Wildman–Crippen MR) is 65.8 cm³/mol. The minimum atomic E-state index is -1.01. The summed E-state index contributed by atoms with van der Waals surface area (Å²) >= 11 is 0. The molecular formula is C13H10N2O4. The quantitative estimate of drug-likeness (QED) is 0.699. The third kappa shape index (κ3) is 1.77. The van der Waals surface area contributed by atoms with Crippen LogP contribution in [0.15, 0.2) is 24.4 Å². The zero-order valence-corrected chi connectivity index (χ0v) is 9.77. The van der Waals surface area contributed by atoms with E-state index >= 15 is 0 Å². The maximum atomic E-state index is 11.7. The monoisotopic (exact) mass is 258 g/mol. The molecule has 1 aliphatic rings. The van der Waals surface area contributed by atoms with Gasteiger partial charge in [0.1, 0.15) is 0 Å². The van der Waals surface area contributed by atoms with Gasteiger partial charge in [0, 0.05) is 23.5 Å². The van der Waals surface area contributed by atoms with Crippen molar-refractivity contribution in [2.75, 3.05) is 0 Å². The molecule has 19 heavy (non-hydrogen) atoms. The van der Waals surface area contributed by atoms with Crippen LogP contribution in [0.5, 0.6) is 0 Å². The molecule has 1 atom stereocenters. The maximum absolute atomic E-state index is 11.7. The van der Waals surface area contributed by atoms with Crippen LogP contribution in [0.4, 0.5) is 0 Å². The number of carbonyl (C=O) groups excluding carboxylic acids is 2. The van der Waals surface area contributed by atoms with E-state index in [2.05, 4.69) is 10.3 Å². The third-order valence-corrected chi connectivity index (χ3v) is 3.30. The van der Waals surface area contributed by atoms with Gasteiger partial charge in [-0.3, -0.25) is 14.9 Å². The molecule has 1 aliphatic heterocycles. The molecule has 0 radical (unpaired) electrons. The molecule has 1 aromatic heterocycles. The topological polar surface area (TPSA) is 99.3 Å². The number of benzene rings is 1. The summed E-state index contributed by atoms with van der Waals surface area (Å²) in [6.07, 6.45) is 1.78. The largest absolute Gasteiger partial charge is 0.478 e. The molecule has 0 unspecified atom stereocenters. The summed E-state index contributed by atoms with van der Waals surface area (Å²) in [7, 11) is 0. The lowest BCUT2D eigenvalue weighted by molar-refractivity contribution is -0.125. The van der Waals surface area contributed by atoms with Crippen molar-refractivity contribution in [3.63, 3.8) is 0 Å². The predicted octanol–water partition coefficient (Wildman–Crippen LogP) is 0.996. The van der Waals surface area contributed by atoms with Crippen LogP contribution in [0.25, 0.3) is 10.9 Å². The van der Waals surface area contributed by atoms with Gasteiger partial charge in [-0.15, -0.1) is 0 Å². The Morgan fingerprint density at radius 2 is 2.11 bits per heavy atom. The number of hydrogen-bond donors (Lipinski definition) is 3. The first-order valence-corrected chi connectivity index (χ1v) is 5.74. The summed E-state index contributed by atoms with van der Waals surface area (Å²) in [6.45, 7) is 0. The van der Waals surface area contributed by atoms with E-state index < -0.39 is 11.9 Å². The number of amides is 2. The highest BCUT2D eigenvalue weighted by molar-refractivity contribution is 6.08. The first-order valence-electron chi connectivity index (χ1n) is 5.74. The molecule has 0 aliphatic carbocycles. The Labute approximate surface area is 107 Å². The Kier molecular flexibility index (Phi) is 2.38. The lowest BCUT2D eigenvalue weighted by Gasteiger charge is -2.04. The Balaban J connectivity index is 2.09. The van der Waals surface area contributed by atoms with E-state index in [-0.39, 0.29) is 23.8 Å². The molecule has 1 saturated heterocycles. The molecule has 6 nitrogen and oxygen atoms in total. The van der Waals surface area contributed by atoms with Crippen molar-refractivity contribution in [2.45, 2.75) is 12.3 Å². The van der Waals surface area contributed by atoms with Gasteiger partial charge in [0.2, 0.25) is 11.8 Å². The number of rotatable bonds is 2. The minimum absolute atomic E-state index is 0.131. The Hall–Kier alpha value is -2.63. The molecule has 3 N–H and O–H groups in total. The van der Waals surface area contributed by atoms with Crippen LogP contribution in [0, 0.1) is 0 Å². The van der Waals surface area contributed by atoms with Crippen molar-refractivity contribution in [1.82, 2.24) is 10.3 Å². The van der Waals surface area contributed by atoms with Crippen LogP contribution in [-0.2, 0) is 9.59 Å². The fourth-order valence-corrected chi connectivity index (χ4v) is 2.37. The number of carboxylic acid groups (broad SMARTS) is 1. The minimum Gasteiger partial charge on any atom is -0.478 e. The molecule has 1 fully saturated rings. The van der Waals surface area contributed by atoms with E-state index in [0.717, 1.165) is 10.9 Å². The molecule has 6 heteroatoms. The summed E-state index contributed by atoms with van der Waals surface area (Å²) < 4.78 is 0. The average molecular weight is 258 g/mol. The van der Waals surface area contributed by atoms with Gasteiger partial charge in [-0.1, -0.05) is 6.07 Å². The highest BCUT2D eigenvalue weighted by Gasteiger charge is 2.33. The van der Waals surface area contributed by atoms with E-state index in [1.807, 2.05) is 0 Å². The number of nitrogens with one attached hydrogen (secondary N) is 2. The molecule has 0 saturated carbocycles. The third-order valence-electron chi connectivity index (χ3n) is 3.30. The van der Waals surface area contributed by atoms with Gasteiger partial charge in [-0.25, -0.2) is 4.79 Å². The fourth-order valence-electron chi connectivity index (χ4n) is 2.37. The average Bonchev–Trinajstić information content (AvgIpc) is 2.91. The molecular weight excluding hydrogens is 248 g/mol. The molecule has 1 aromatic carbocycles.